The Morgan fingerprint density at radius 3 is 2.00 bits per heavy atom. The summed E-state index contributed by atoms with van der Waals surface area (Å²) in [5, 5.41) is 10.8. The molecule has 0 spiro atoms. The molecule has 6 heteroatoms. The van der Waals surface area contributed by atoms with Gasteiger partial charge in [0, 0.05) is 0 Å². The largest absolute Gasteiger partial charge is 2.00 e. The van der Waals surface area contributed by atoms with Crippen LogP contribution in [0, 0.1) is 17.8 Å². The normalized spacial score (nSPS) is 15.4. The van der Waals surface area contributed by atoms with Gasteiger partial charge in [0.15, 0.2) is 0 Å². The molecule has 0 saturated heterocycles. The zero-order chi connectivity index (χ0) is 14.3. The van der Waals surface area contributed by atoms with E-state index in [0.29, 0.717) is 6.42 Å². The van der Waals surface area contributed by atoms with Crippen LogP contribution in [0.25, 0.3) is 5.32 Å². The molecule has 0 saturated carbocycles. The number of amides is 2. The fourth-order valence-corrected chi connectivity index (χ4v) is 1.19. The number of nitrogens with zero attached hydrogens (tertiary/aromatic N) is 2. The molecule has 0 aromatic rings. The van der Waals surface area contributed by atoms with E-state index in [1.54, 1.807) is 6.92 Å². The van der Waals surface area contributed by atoms with E-state index in [2.05, 4.69) is 34.4 Å². The number of allylic oxidation sites excluding steroid dienone is 4. The molecule has 0 radical (unpaired) electrons. The van der Waals surface area contributed by atoms with Crippen molar-refractivity contribution < 1.29 is 35.4 Å². The number of ether oxygens (including phenoxy) is 1. The maximum atomic E-state index is 10.4. The Hall–Kier alpha value is -1.53. The van der Waals surface area contributed by atoms with Gasteiger partial charge in [-0.1, -0.05) is 36.3 Å². The van der Waals surface area contributed by atoms with Gasteiger partial charge in [0.25, 0.3) is 0 Å². The molecule has 1 aliphatic carbocycles. The summed E-state index contributed by atoms with van der Waals surface area (Å²) in [5.74, 6) is -0.897. The van der Waals surface area contributed by atoms with Gasteiger partial charge in [-0.3, -0.25) is 4.79 Å². The van der Waals surface area contributed by atoms with Crippen LogP contribution >= 0.6 is 0 Å². The van der Waals surface area contributed by atoms with Crippen molar-refractivity contribution in [3.8, 4) is 6.07 Å². The van der Waals surface area contributed by atoms with Crippen molar-refractivity contribution in [1.82, 2.24) is 0 Å². The van der Waals surface area contributed by atoms with Crippen molar-refractivity contribution in [2.24, 2.45) is 0 Å². The topological polar surface area (TPSA) is 81.3 Å². The number of carbonyl (C=O) groups is 2. The quantitative estimate of drug-likeness (QED) is 0.470. The average Bonchev–Trinajstić information content (AvgIpc) is 2.28. The van der Waals surface area contributed by atoms with Crippen LogP contribution in [0.4, 0.5) is 4.79 Å². The molecule has 1 aliphatic rings. The summed E-state index contributed by atoms with van der Waals surface area (Å²) in [4.78, 5) is 20.8. The van der Waals surface area contributed by atoms with Crippen LogP contribution in [0.15, 0.2) is 24.3 Å². The van der Waals surface area contributed by atoms with Crippen LogP contribution in [0.5, 0.6) is 0 Å². The molecule has 112 valence electrons. The minimum atomic E-state index is -0.969. The number of carbonyl (C=O) groups excluding carboxylic acids is 2. The molecular formula is C14H18N2O3Pt. The summed E-state index contributed by atoms with van der Waals surface area (Å²) in [6, 6.07) is 1.44. The molecule has 0 N–H and O–H groups in total. The first-order chi connectivity index (χ1) is 9.20. The molecule has 1 rings (SSSR count). The molecule has 0 fully saturated rings. The van der Waals surface area contributed by atoms with Gasteiger partial charge in [-0.15, -0.1) is 0 Å². The van der Waals surface area contributed by atoms with Gasteiger partial charge in [0.2, 0.25) is 6.09 Å². The number of imide groups is 1. The van der Waals surface area contributed by atoms with E-state index in [0.717, 1.165) is 0 Å². The van der Waals surface area contributed by atoms with Crippen molar-refractivity contribution in [2.75, 3.05) is 6.61 Å². The summed E-state index contributed by atoms with van der Waals surface area (Å²) in [7, 11) is 0. The Kier molecular flexibility index (Phi) is 16.1. The Labute approximate surface area is 134 Å². The third-order valence-electron chi connectivity index (χ3n) is 1.99. The summed E-state index contributed by atoms with van der Waals surface area (Å²) in [5.41, 5.74) is 0. The van der Waals surface area contributed by atoms with E-state index in [1.807, 2.05) is 0 Å². The third-order valence-corrected chi connectivity index (χ3v) is 1.99. The standard InChI is InChI=1S/C8H12.C6H7N2O3.Pt/c1-2-4-6-8-7-5-3-1;1-2-11-6(10)8-5(9)3-4-7;/h1-2,7-8H,3-6H2;3H,2H2,1H3,(H,8,9,10);/q;-1;+2/p-1/b2-1-,8-7-;;. The third kappa shape index (κ3) is 14.5. The van der Waals surface area contributed by atoms with Crippen LogP contribution < -0.4 is 0 Å². The molecule has 0 aromatic heterocycles. The van der Waals surface area contributed by atoms with Crippen molar-refractivity contribution in [3.63, 3.8) is 0 Å². The Bertz CT molecular complexity index is 347. The van der Waals surface area contributed by atoms with E-state index in [-0.39, 0.29) is 27.7 Å². The summed E-state index contributed by atoms with van der Waals surface area (Å²) in [6.07, 6.45) is 13.7. The molecule has 5 nitrogen and oxygen atoms in total. The Balaban J connectivity index is 0. The predicted molar refractivity (Wildman–Crippen MR) is 72.0 cm³/mol. The van der Waals surface area contributed by atoms with E-state index in [9.17, 15) is 9.59 Å². The fraction of sp³-hybridized carbons (Fsp3) is 0.429. The molecule has 2 amide bonds. The van der Waals surface area contributed by atoms with E-state index < -0.39 is 12.0 Å². The Morgan fingerprint density at radius 1 is 1.20 bits per heavy atom. The van der Waals surface area contributed by atoms with Crippen LogP contribution in [-0.4, -0.2) is 18.6 Å². The zero-order valence-corrected chi connectivity index (χ0v) is 13.6. The van der Waals surface area contributed by atoms with E-state index in [1.165, 1.54) is 31.8 Å². The van der Waals surface area contributed by atoms with Crippen molar-refractivity contribution in [1.29, 1.82) is 5.26 Å². The van der Waals surface area contributed by atoms with Gasteiger partial charge >= 0.3 is 21.1 Å². The molecule has 20 heavy (non-hydrogen) atoms. The second kappa shape index (κ2) is 15.5. The van der Waals surface area contributed by atoms with Gasteiger partial charge in [-0.25, -0.2) is 11.7 Å². The first kappa shape index (κ1) is 20.8. The number of hydrogen-bond acceptors (Lipinski definition) is 4. The van der Waals surface area contributed by atoms with Crippen LogP contribution in [0.1, 0.15) is 32.6 Å². The monoisotopic (exact) mass is 457 g/mol. The molecule has 0 atom stereocenters. The average molecular weight is 457 g/mol. The predicted octanol–water partition coefficient (Wildman–Crippen LogP) is 3.44. The molecule has 0 aromatic carbocycles. The minimum Gasteiger partial charge on any atom is -0.586 e. The van der Waals surface area contributed by atoms with Crippen LogP contribution in [-0.2, 0) is 30.6 Å². The molecule has 0 bridgehead atoms. The smallest absolute Gasteiger partial charge is 0.586 e. The summed E-state index contributed by atoms with van der Waals surface area (Å²) < 4.78 is 4.30. The molecule has 0 unspecified atom stereocenters. The number of nitriles is 1. The van der Waals surface area contributed by atoms with Crippen molar-refractivity contribution in [2.45, 2.75) is 32.6 Å². The SMILES string of the molecule is C1=C\CC/C=C\CC/1.CCOC(=O)[N-]C(=O)[CH-]C#N.[Pt+2]. The molecule has 0 heterocycles. The fourth-order valence-electron chi connectivity index (χ4n) is 1.19. The first-order valence-corrected chi connectivity index (χ1v) is 6.16. The maximum absolute atomic E-state index is 10.4. The first-order valence-electron chi connectivity index (χ1n) is 6.16. The van der Waals surface area contributed by atoms with Crippen LogP contribution in [0.3, 0.4) is 0 Å². The van der Waals surface area contributed by atoms with Crippen molar-refractivity contribution >= 4 is 12.0 Å². The number of hydrogen-bond donors (Lipinski definition) is 0. The zero-order valence-electron chi connectivity index (χ0n) is 11.4. The van der Waals surface area contributed by atoms with Crippen molar-refractivity contribution in [3.05, 3.63) is 36.0 Å². The molecule has 0 aliphatic heterocycles. The Morgan fingerprint density at radius 2 is 1.65 bits per heavy atom. The molecular weight excluding hydrogens is 439 g/mol. The number of rotatable bonds is 2. The minimum absolute atomic E-state index is 0. The summed E-state index contributed by atoms with van der Waals surface area (Å²) in [6.45, 7) is 1.74. The van der Waals surface area contributed by atoms with Gasteiger partial charge in [-0.05, 0) is 32.6 Å². The van der Waals surface area contributed by atoms with E-state index in [4.69, 9.17) is 5.26 Å². The maximum Gasteiger partial charge on any atom is 2.00 e. The van der Waals surface area contributed by atoms with Gasteiger partial charge in [0.1, 0.15) is 0 Å². The summed E-state index contributed by atoms with van der Waals surface area (Å²) >= 11 is 0. The second-order valence-corrected chi connectivity index (χ2v) is 3.52. The second-order valence-electron chi connectivity index (χ2n) is 3.52. The van der Waals surface area contributed by atoms with Gasteiger partial charge < -0.3 is 14.8 Å². The van der Waals surface area contributed by atoms with E-state index >= 15 is 0 Å². The van der Waals surface area contributed by atoms with Crippen LogP contribution in [0.2, 0.25) is 0 Å². The van der Waals surface area contributed by atoms with Gasteiger partial charge in [0.05, 0.1) is 6.61 Å². The van der Waals surface area contributed by atoms with Gasteiger partial charge in [-0.2, -0.15) is 0 Å².